The standard InChI is InChI=1S/C10H13F3N4O/c1-7(3-2-6-18)17-9(10(11,12)13)8(4-5-14)15-16-17/h7,18H,2-4,6H2,1H3. The van der Waals surface area contributed by atoms with Crippen LogP contribution in [0.2, 0.25) is 0 Å². The first kappa shape index (κ1) is 14.4. The van der Waals surface area contributed by atoms with Crippen molar-refractivity contribution in [2.75, 3.05) is 6.61 Å². The highest BCUT2D eigenvalue weighted by Gasteiger charge is 2.40. The molecule has 0 bridgehead atoms. The van der Waals surface area contributed by atoms with Crippen LogP contribution in [0, 0.1) is 11.3 Å². The number of aromatic nitrogens is 3. The van der Waals surface area contributed by atoms with Crippen molar-refractivity contribution >= 4 is 0 Å². The zero-order chi connectivity index (χ0) is 13.8. The molecule has 1 atom stereocenters. The van der Waals surface area contributed by atoms with Crippen LogP contribution < -0.4 is 0 Å². The van der Waals surface area contributed by atoms with Crippen molar-refractivity contribution in [3.63, 3.8) is 0 Å². The fourth-order valence-corrected chi connectivity index (χ4v) is 1.63. The third-order valence-corrected chi connectivity index (χ3v) is 2.48. The van der Waals surface area contributed by atoms with E-state index < -0.39 is 24.3 Å². The van der Waals surface area contributed by atoms with Crippen LogP contribution >= 0.6 is 0 Å². The third kappa shape index (κ3) is 3.20. The third-order valence-electron chi connectivity index (χ3n) is 2.48. The predicted octanol–water partition coefficient (Wildman–Crippen LogP) is 1.70. The summed E-state index contributed by atoms with van der Waals surface area (Å²) in [5, 5.41) is 24.0. The molecule has 18 heavy (non-hydrogen) atoms. The summed E-state index contributed by atoms with van der Waals surface area (Å²) in [6.07, 6.45) is -4.29. The van der Waals surface area contributed by atoms with Crippen LogP contribution in [0.3, 0.4) is 0 Å². The van der Waals surface area contributed by atoms with E-state index in [1.54, 1.807) is 13.0 Å². The fourth-order valence-electron chi connectivity index (χ4n) is 1.63. The van der Waals surface area contributed by atoms with Crippen LogP contribution in [0.15, 0.2) is 0 Å². The van der Waals surface area contributed by atoms with Crippen molar-refractivity contribution < 1.29 is 18.3 Å². The largest absolute Gasteiger partial charge is 0.434 e. The van der Waals surface area contributed by atoms with Gasteiger partial charge in [0.1, 0.15) is 5.69 Å². The Morgan fingerprint density at radius 3 is 2.67 bits per heavy atom. The summed E-state index contributed by atoms with van der Waals surface area (Å²) in [5.74, 6) is 0. The molecule has 0 saturated heterocycles. The molecule has 0 fully saturated rings. The van der Waals surface area contributed by atoms with Gasteiger partial charge in [-0.15, -0.1) is 5.10 Å². The quantitative estimate of drug-likeness (QED) is 0.876. The molecule has 1 aromatic heterocycles. The second kappa shape index (κ2) is 5.82. The summed E-state index contributed by atoms with van der Waals surface area (Å²) in [7, 11) is 0. The molecular weight excluding hydrogens is 249 g/mol. The lowest BCUT2D eigenvalue weighted by Crippen LogP contribution is -2.19. The first-order valence-corrected chi connectivity index (χ1v) is 5.40. The van der Waals surface area contributed by atoms with E-state index in [0.717, 1.165) is 4.68 Å². The lowest BCUT2D eigenvalue weighted by Gasteiger charge is -2.16. The summed E-state index contributed by atoms with van der Waals surface area (Å²) < 4.78 is 39.4. The zero-order valence-electron chi connectivity index (χ0n) is 9.78. The van der Waals surface area contributed by atoms with Crippen LogP contribution in [0.5, 0.6) is 0 Å². The summed E-state index contributed by atoms with van der Waals surface area (Å²) in [5.41, 5.74) is -1.34. The maximum atomic E-state index is 12.9. The smallest absolute Gasteiger partial charge is 0.396 e. The minimum atomic E-state index is -4.59. The molecule has 100 valence electrons. The van der Waals surface area contributed by atoms with Crippen molar-refractivity contribution in [1.82, 2.24) is 15.0 Å². The van der Waals surface area contributed by atoms with Crippen molar-refractivity contribution in [1.29, 1.82) is 5.26 Å². The first-order chi connectivity index (χ1) is 8.41. The van der Waals surface area contributed by atoms with Gasteiger partial charge in [-0.25, -0.2) is 4.68 Å². The molecular formula is C10H13F3N4O. The van der Waals surface area contributed by atoms with Gasteiger partial charge in [-0.05, 0) is 19.8 Å². The molecule has 0 saturated carbocycles. The molecule has 1 rings (SSSR count). The van der Waals surface area contributed by atoms with Gasteiger partial charge in [0, 0.05) is 6.61 Å². The summed E-state index contributed by atoms with van der Waals surface area (Å²) in [4.78, 5) is 0. The van der Waals surface area contributed by atoms with E-state index in [9.17, 15) is 13.2 Å². The van der Waals surface area contributed by atoms with E-state index in [1.165, 1.54) is 0 Å². The molecule has 1 heterocycles. The van der Waals surface area contributed by atoms with Gasteiger partial charge in [0.05, 0.1) is 18.5 Å². The molecule has 0 aromatic carbocycles. The van der Waals surface area contributed by atoms with Gasteiger partial charge in [-0.1, -0.05) is 5.21 Å². The van der Waals surface area contributed by atoms with E-state index in [-0.39, 0.29) is 12.3 Å². The number of halogens is 3. The Labute approximate surface area is 102 Å². The minimum Gasteiger partial charge on any atom is -0.396 e. The number of rotatable bonds is 5. The lowest BCUT2D eigenvalue weighted by molar-refractivity contribution is -0.145. The molecule has 0 amide bonds. The highest BCUT2D eigenvalue weighted by atomic mass is 19.4. The molecule has 0 aliphatic rings. The van der Waals surface area contributed by atoms with Gasteiger partial charge in [-0.3, -0.25) is 0 Å². The Hall–Kier alpha value is -1.62. The maximum absolute atomic E-state index is 12.9. The summed E-state index contributed by atoms with van der Waals surface area (Å²) >= 11 is 0. The van der Waals surface area contributed by atoms with Gasteiger partial charge >= 0.3 is 6.18 Å². The fraction of sp³-hybridized carbons (Fsp3) is 0.700. The van der Waals surface area contributed by atoms with Crippen LogP contribution in [0.4, 0.5) is 13.2 Å². The number of alkyl halides is 3. The number of hydrogen-bond donors (Lipinski definition) is 1. The Morgan fingerprint density at radius 1 is 1.50 bits per heavy atom. The molecule has 8 heteroatoms. The highest BCUT2D eigenvalue weighted by Crippen LogP contribution is 2.33. The molecule has 5 nitrogen and oxygen atoms in total. The SMILES string of the molecule is CC(CCCO)n1nnc(CC#N)c1C(F)(F)F. The topological polar surface area (TPSA) is 74.7 Å². The van der Waals surface area contributed by atoms with E-state index in [4.69, 9.17) is 10.4 Å². The number of hydrogen-bond acceptors (Lipinski definition) is 4. The van der Waals surface area contributed by atoms with Crippen LogP contribution in [0.1, 0.15) is 37.2 Å². The van der Waals surface area contributed by atoms with Crippen molar-refractivity contribution in [3.8, 4) is 6.07 Å². The van der Waals surface area contributed by atoms with E-state index in [0.29, 0.717) is 12.8 Å². The summed E-state index contributed by atoms with van der Waals surface area (Å²) in [6.45, 7) is 1.47. The number of nitriles is 1. The Morgan fingerprint density at radius 2 is 2.17 bits per heavy atom. The molecule has 1 aromatic rings. The monoisotopic (exact) mass is 262 g/mol. The minimum absolute atomic E-state index is 0.0918. The average Bonchev–Trinajstić information content (AvgIpc) is 2.70. The number of nitrogens with zero attached hydrogens (tertiary/aromatic N) is 4. The lowest BCUT2D eigenvalue weighted by atomic mass is 10.1. The predicted molar refractivity (Wildman–Crippen MR) is 55.4 cm³/mol. The van der Waals surface area contributed by atoms with Crippen molar-refractivity contribution in [3.05, 3.63) is 11.4 Å². The van der Waals surface area contributed by atoms with Gasteiger partial charge in [0.25, 0.3) is 0 Å². The zero-order valence-corrected chi connectivity index (χ0v) is 9.78. The summed E-state index contributed by atoms with van der Waals surface area (Å²) in [6, 6.07) is 1.10. The van der Waals surface area contributed by atoms with Crippen LogP contribution in [0.25, 0.3) is 0 Å². The molecule has 1 N–H and O–H groups in total. The van der Waals surface area contributed by atoms with E-state index in [2.05, 4.69) is 10.3 Å². The van der Waals surface area contributed by atoms with E-state index in [1.807, 2.05) is 0 Å². The Balaban J connectivity index is 3.09. The molecule has 0 spiro atoms. The van der Waals surface area contributed by atoms with Crippen LogP contribution in [-0.4, -0.2) is 26.7 Å². The van der Waals surface area contributed by atoms with Gasteiger partial charge in [0.15, 0.2) is 5.69 Å². The normalized spacial score (nSPS) is 13.3. The van der Waals surface area contributed by atoms with Gasteiger partial charge in [-0.2, -0.15) is 18.4 Å². The second-order valence-electron chi connectivity index (χ2n) is 3.88. The number of aliphatic hydroxyl groups excluding tert-OH is 1. The Bertz CT molecular complexity index is 435. The molecule has 1 unspecified atom stereocenters. The van der Waals surface area contributed by atoms with Crippen molar-refractivity contribution in [2.24, 2.45) is 0 Å². The molecule has 0 aliphatic heterocycles. The second-order valence-corrected chi connectivity index (χ2v) is 3.88. The molecule has 0 aliphatic carbocycles. The highest BCUT2D eigenvalue weighted by molar-refractivity contribution is 5.18. The van der Waals surface area contributed by atoms with Gasteiger partial charge < -0.3 is 5.11 Å². The molecule has 0 radical (unpaired) electrons. The maximum Gasteiger partial charge on any atom is 0.434 e. The van der Waals surface area contributed by atoms with Gasteiger partial charge in [0.2, 0.25) is 0 Å². The van der Waals surface area contributed by atoms with E-state index >= 15 is 0 Å². The average molecular weight is 262 g/mol. The first-order valence-electron chi connectivity index (χ1n) is 5.40. The number of aliphatic hydroxyl groups is 1. The Kier molecular flexibility index (Phi) is 4.67. The van der Waals surface area contributed by atoms with Crippen LogP contribution in [-0.2, 0) is 12.6 Å². The van der Waals surface area contributed by atoms with Crippen molar-refractivity contribution in [2.45, 2.75) is 38.4 Å².